The fourth-order valence-electron chi connectivity index (χ4n) is 3.34. The molecule has 9 heteroatoms. The standard InChI is InChI=1S/C19H17FN6O2/c1-10-14-9-26(27)17(6-15(14)25-19(21)23-10)12-4-3-11(20)5-13(12)16-7-22-8-18(24-16)28-2/h3-5,7-9,17H,6H2,1-2H3,(H2,21,23,25). The molecule has 8 nitrogen and oxygen atoms in total. The normalized spacial score (nSPS) is 15.7. The first kappa shape index (κ1) is 17.8. The van der Waals surface area contributed by atoms with Crippen LogP contribution in [0.5, 0.6) is 5.88 Å². The van der Waals surface area contributed by atoms with Crippen molar-refractivity contribution in [3.63, 3.8) is 0 Å². The second-order valence-electron chi connectivity index (χ2n) is 6.41. The van der Waals surface area contributed by atoms with Gasteiger partial charge in [-0.05, 0) is 25.1 Å². The number of aromatic nitrogens is 4. The van der Waals surface area contributed by atoms with Crippen LogP contribution in [-0.4, -0.2) is 38.0 Å². The summed E-state index contributed by atoms with van der Waals surface area (Å²) >= 11 is 0. The van der Waals surface area contributed by atoms with Crippen LogP contribution in [0.1, 0.15) is 28.6 Å². The van der Waals surface area contributed by atoms with Crippen LogP contribution in [0.3, 0.4) is 0 Å². The van der Waals surface area contributed by atoms with Crippen molar-refractivity contribution in [2.24, 2.45) is 0 Å². The van der Waals surface area contributed by atoms with E-state index in [4.69, 9.17) is 10.5 Å². The zero-order chi connectivity index (χ0) is 19.8. The number of aryl methyl sites for hydroxylation is 1. The zero-order valence-corrected chi connectivity index (χ0v) is 15.3. The van der Waals surface area contributed by atoms with Gasteiger partial charge in [0.25, 0.3) is 0 Å². The maximum Gasteiger partial charge on any atom is 0.232 e. The number of benzene rings is 1. The summed E-state index contributed by atoms with van der Waals surface area (Å²) in [6.07, 6.45) is 4.71. The number of ether oxygens (including phenoxy) is 1. The maximum absolute atomic E-state index is 14.0. The van der Waals surface area contributed by atoms with E-state index in [2.05, 4.69) is 19.9 Å². The second-order valence-corrected chi connectivity index (χ2v) is 6.41. The van der Waals surface area contributed by atoms with Gasteiger partial charge in [0.05, 0.1) is 48.6 Å². The van der Waals surface area contributed by atoms with Crippen LogP contribution in [-0.2, 0) is 6.42 Å². The highest BCUT2D eigenvalue weighted by Crippen LogP contribution is 2.34. The molecule has 1 aliphatic heterocycles. The number of hydrogen-bond acceptors (Lipinski definition) is 7. The average Bonchev–Trinajstić information content (AvgIpc) is 2.68. The van der Waals surface area contributed by atoms with Crippen molar-refractivity contribution in [1.29, 1.82) is 0 Å². The SMILES string of the molecule is COc1cncc(-c2cc(F)ccc2C2Cc3nc(N)nc(C)c3C=[N+]2[O-])n1. The molecule has 0 saturated carbocycles. The molecule has 0 spiro atoms. The Balaban J connectivity index is 1.84. The zero-order valence-electron chi connectivity index (χ0n) is 15.3. The molecule has 0 amide bonds. The number of nitrogens with zero attached hydrogens (tertiary/aromatic N) is 5. The summed E-state index contributed by atoms with van der Waals surface area (Å²) in [6, 6.07) is 3.61. The van der Waals surface area contributed by atoms with Crippen molar-refractivity contribution in [2.45, 2.75) is 19.4 Å². The lowest BCUT2D eigenvalue weighted by atomic mass is 9.92. The Morgan fingerprint density at radius 1 is 1.25 bits per heavy atom. The summed E-state index contributed by atoms with van der Waals surface area (Å²) in [5, 5.41) is 12.8. The predicted octanol–water partition coefficient (Wildman–Crippen LogP) is 2.20. The predicted molar refractivity (Wildman–Crippen MR) is 100 cm³/mol. The molecule has 1 unspecified atom stereocenters. The largest absolute Gasteiger partial charge is 0.623 e. The van der Waals surface area contributed by atoms with E-state index >= 15 is 0 Å². The van der Waals surface area contributed by atoms with Crippen molar-refractivity contribution in [1.82, 2.24) is 19.9 Å². The molecule has 0 aliphatic carbocycles. The van der Waals surface area contributed by atoms with E-state index < -0.39 is 11.9 Å². The van der Waals surface area contributed by atoms with Gasteiger partial charge in [-0.2, -0.15) is 0 Å². The number of anilines is 1. The van der Waals surface area contributed by atoms with Gasteiger partial charge in [0.15, 0.2) is 12.3 Å². The van der Waals surface area contributed by atoms with Crippen molar-refractivity contribution in [3.05, 3.63) is 64.1 Å². The number of halogens is 1. The van der Waals surface area contributed by atoms with E-state index in [1.165, 1.54) is 37.9 Å². The first-order valence-electron chi connectivity index (χ1n) is 8.55. The van der Waals surface area contributed by atoms with Crippen LogP contribution in [0.25, 0.3) is 11.3 Å². The third-order valence-electron chi connectivity index (χ3n) is 4.65. The molecule has 0 bridgehead atoms. The second kappa shape index (κ2) is 6.84. The average molecular weight is 380 g/mol. The van der Waals surface area contributed by atoms with Crippen molar-refractivity contribution in [2.75, 3.05) is 12.8 Å². The molecule has 0 fully saturated rings. The number of nitrogens with two attached hydrogens (primary N) is 1. The molecule has 0 saturated heterocycles. The van der Waals surface area contributed by atoms with E-state index in [1.54, 1.807) is 13.0 Å². The summed E-state index contributed by atoms with van der Waals surface area (Å²) < 4.78 is 20.0. The molecule has 2 N–H and O–H groups in total. The maximum atomic E-state index is 14.0. The van der Waals surface area contributed by atoms with Crippen molar-refractivity contribution < 1.29 is 13.9 Å². The highest BCUT2D eigenvalue weighted by molar-refractivity contribution is 5.80. The topological polar surface area (TPSA) is 113 Å². The molecule has 142 valence electrons. The van der Waals surface area contributed by atoms with Crippen LogP contribution in [0, 0.1) is 17.9 Å². The Bertz CT molecular complexity index is 1100. The smallest absolute Gasteiger partial charge is 0.232 e. The number of nitrogen functional groups attached to an aromatic ring is 1. The van der Waals surface area contributed by atoms with Gasteiger partial charge in [-0.1, -0.05) is 0 Å². The fraction of sp³-hybridized carbons (Fsp3) is 0.211. The molecule has 0 radical (unpaired) electrons. The molecule has 1 aliphatic rings. The highest BCUT2D eigenvalue weighted by atomic mass is 19.1. The first-order valence-corrected chi connectivity index (χ1v) is 8.55. The van der Waals surface area contributed by atoms with Gasteiger partial charge in [0.1, 0.15) is 5.82 Å². The van der Waals surface area contributed by atoms with Crippen LogP contribution in [0.2, 0.25) is 0 Å². The highest BCUT2D eigenvalue weighted by Gasteiger charge is 2.31. The molecule has 28 heavy (non-hydrogen) atoms. The first-order chi connectivity index (χ1) is 13.5. The molecule has 1 atom stereocenters. The van der Waals surface area contributed by atoms with Crippen molar-refractivity contribution in [3.8, 4) is 17.1 Å². The quantitative estimate of drug-likeness (QED) is 0.547. The van der Waals surface area contributed by atoms with Gasteiger partial charge in [0, 0.05) is 11.1 Å². The third kappa shape index (κ3) is 3.11. The molecule has 4 rings (SSSR count). The van der Waals surface area contributed by atoms with E-state index in [0.717, 1.165) is 4.74 Å². The lowest BCUT2D eigenvalue weighted by Gasteiger charge is -2.24. The monoisotopic (exact) mass is 380 g/mol. The van der Waals surface area contributed by atoms with Crippen LogP contribution in [0.15, 0.2) is 30.6 Å². The summed E-state index contributed by atoms with van der Waals surface area (Å²) in [5.41, 5.74) is 9.22. The van der Waals surface area contributed by atoms with Crippen molar-refractivity contribution >= 4 is 12.2 Å². The van der Waals surface area contributed by atoms with E-state index in [9.17, 15) is 9.60 Å². The molecule has 2 aromatic heterocycles. The van der Waals surface area contributed by atoms with Crippen LogP contribution < -0.4 is 10.5 Å². The number of hydrogen-bond donors (Lipinski definition) is 1. The van der Waals surface area contributed by atoms with E-state index in [-0.39, 0.29) is 5.95 Å². The summed E-state index contributed by atoms with van der Waals surface area (Å²) in [5.74, 6) is 0.00699. The minimum absolute atomic E-state index is 0.153. The summed E-state index contributed by atoms with van der Waals surface area (Å²) in [4.78, 5) is 16.8. The molecule has 3 heterocycles. The summed E-state index contributed by atoms with van der Waals surface area (Å²) in [7, 11) is 1.47. The molecular formula is C19H17FN6O2. The lowest BCUT2D eigenvalue weighted by Crippen LogP contribution is -2.26. The molecule has 3 aromatic rings. The Kier molecular flexibility index (Phi) is 4.34. The Morgan fingerprint density at radius 3 is 2.86 bits per heavy atom. The number of fused-ring (bicyclic) bond motifs is 1. The number of hydroxylamine groups is 1. The number of rotatable bonds is 3. The fourth-order valence-corrected chi connectivity index (χ4v) is 3.34. The minimum atomic E-state index is -0.621. The van der Waals surface area contributed by atoms with Gasteiger partial charge in [-0.3, -0.25) is 4.98 Å². The van der Waals surface area contributed by atoms with Gasteiger partial charge in [-0.25, -0.2) is 24.1 Å². The third-order valence-corrected chi connectivity index (χ3v) is 4.65. The minimum Gasteiger partial charge on any atom is -0.623 e. The Labute approximate surface area is 160 Å². The van der Waals surface area contributed by atoms with Gasteiger partial charge < -0.3 is 15.7 Å². The lowest BCUT2D eigenvalue weighted by molar-refractivity contribution is -0.504. The van der Waals surface area contributed by atoms with Crippen LogP contribution >= 0.6 is 0 Å². The number of methoxy groups -OCH3 is 1. The van der Waals surface area contributed by atoms with Gasteiger partial charge in [-0.15, -0.1) is 0 Å². The molecule has 1 aromatic carbocycles. The van der Waals surface area contributed by atoms with Gasteiger partial charge in [0.2, 0.25) is 11.8 Å². The summed E-state index contributed by atoms with van der Waals surface area (Å²) in [6.45, 7) is 1.77. The Morgan fingerprint density at radius 2 is 2.07 bits per heavy atom. The Hall–Kier alpha value is -3.62. The van der Waals surface area contributed by atoms with Gasteiger partial charge >= 0.3 is 0 Å². The van der Waals surface area contributed by atoms with E-state index in [0.29, 0.717) is 46.1 Å². The van der Waals surface area contributed by atoms with E-state index in [1.807, 2.05) is 0 Å². The molecular weight excluding hydrogens is 363 g/mol. The van der Waals surface area contributed by atoms with Crippen LogP contribution in [0.4, 0.5) is 10.3 Å².